The van der Waals surface area contributed by atoms with Crippen LogP contribution in [0.4, 0.5) is 5.69 Å². The summed E-state index contributed by atoms with van der Waals surface area (Å²) in [5.74, 6) is 0. The number of hydrogen-bond acceptors (Lipinski definition) is 3. The molecule has 0 N–H and O–H groups in total. The van der Waals surface area contributed by atoms with Crippen molar-refractivity contribution in [1.29, 1.82) is 0 Å². The van der Waals surface area contributed by atoms with Crippen molar-refractivity contribution in [2.24, 2.45) is 5.41 Å². The van der Waals surface area contributed by atoms with Crippen LogP contribution in [0.15, 0.2) is 54.6 Å². The van der Waals surface area contributed by atoms with Gasteiger partial charge < -0.3 is 4.43 Å². The number of nitrogens with zero attached hydrogens (tertiary/aromatic N) is 1. The summed E-state index contributed by atoms with van der Waals surface area (Å²) in [6.07, 6.45) is 0. The number of para-hydroxylation sites is 1. The van der Waals surface area contributed by atoms with Crippen LogP contribution in [0.5, 0.6) is 0 Å². The third-order valence-electron chi connectivity index (χ3n) is 3.38. The van der Waals surface area contributed by atoms with E-state index in [-0.39, 0.29) is 22.6 Å². The van der Waals surface area contributed by atoms with Gasteiger partial charge >= 0.3 is 0 Å². The lowest BCUT2D eigenvalue weighted by Crippen LogP contribution is -2.36. The Morgan fingerprint density at radius 2 is 1.65 bits per heavy atom. The molecule has 0 spiro atoms. The van der Waals surface area contributed by atoms with Crippen LogP contribution in [0.25, 0.3) is 0 Å². The fraction of sp³-hybridized carbons (Fsp3) is 0.333. The second-order valence-electron chi connectivity index (χ2n) is 6.70. The predicted octanol–water partition coefficient (Wildman–Crippen LogP) is 4.06. The molecule has 121 valence electrons. The van der Waals surface area contributed by atoms with Gasteiger partial charge in [0.1, 0.15) is 0 Å². The summed E-state index contributed by atoms with van der Waals surface area (Å²) in [7, 11) is -1.24. The lowest BCUT2D eigenvalue weighted by Gasteiger charge is -2.24. The third kappa shape index (κ3) is 5.30. The van der Waals surface area contributed by atoms with Gasteiger partial charge in [0.25, 0.3) is 5.69 Å². The molecule has 0 aliphatic carbocycles. The number of rotatable bonds is 6. The van der Waals surface area contributed by atoms with Crippen LogP contribution in [0.1, 0.15) is 26.3 Å². The van der Waals surface area contributed by atoms with Gasteiger partial charge in [-0.15, -0.1) is 0 Å². The molecule has 4 nitrogen and oxygen atoms in total. The molecule has 0 unspecified atom stereocenters. The van der Waals surface area contributed by atoms with Crippen LogP contribution < -0.4 is 5.19 Å². The molecule has 0 aliphatic heterocycles. The van der Waals surface area contributed by atoms with Crippen LogP contribution in [-0.4, -0.2) is 14.0 Å². The average molecular weight is 328 g/mol. The fourth-order valence-corrected chi connectivity index (χ4v) is 4.65. The molecule has 0 fully saturated rings. The van der Waals surface area contributed by atoms with E-state index < -0.39 is 9.04 Å². The van der Waals surface area contributed by atoms with Crippen molar-refractivity contribution < 1.29 is 9.35 Å². The number of nitro groups is 1. The van der Waals surface area contributed by atoms with Crippen LogP contribution in [0.2, 0.25) is 6.04 Å². The molecular formula is C18H22NO3Si. The molecule has 23 heavy (non-hydrogen) atoms. The Balaban J connectivity index is 2.18. The average Bonchev–Trinajstić information content (AvgIpc) is 2.51. The number of benzene rings is 2. The SMILES string of the molecule is CC(C)(C)C[Si](OCc1ccccc1[N+](=O)[O-])c1ccccc1. The number of nitro benzene ring substituents is 1. The summed E-state index contributed by atoms with van der Waals surface area (Å²) in [5.41, 5.74) is 0.898. The Morgan fingerprint density at radius 3 is 2.26 bits per heavy atom. The van der Waals surface area contributed by atoms with Gasteiger partial charge in [0.2, 0.25) is 9.04 Å². The first-order valence-electron chi connectivity index (χ1n) is 7.63. The monoisotopic (exact) mass is 328 g/mol. The molecule has 0 aliphatic rings. The Kier molecular flexibility index (Phi) is 5.68. The molecule has 5 heteroatoms. The maximum absolute atomic E-state index is 11.1. The van der Waals surface area contributed by atoms with Gasteiger partial charge in [-0.3, -0.25) is 10.1 Å². The van der Waals surface area contributed by atoms with E-state index in [9.17, 15) is 10.1 Å². The Bertz CT molecular complexity index is 653. The maximum Gasteiger partial charge on any atom is 0.274 e. The summed E-state index contributed by atoms with van der Waals surface area (Å²) in [6, 6.07) is 17.9. The summed E-state index contributed by atoms with van der Waals surface area (Å²) < 4.78 is 6.18. The Morgan fingerprint density at radius 1 is 1.04 bits per heavy atom. The molecule has 1 radical (unpaired) electrons. The summed E-state index contributed by atoms with van der Waals surface area (Å²) in [4.78, 5) is 10.8. The van der Waals surface area contributed by atoms with Gasteiger partial charge in [0.05, 0.1) is 17.1 Å². The Hall–Kier alpha value is -1.98. The number of hydrogen-bond donors (Lipinski definition) is 0. The lowest BCUT2D eigenvalue weighted by atomic mass is 10.0. The molecule has 0 aromatic heterocycles. The van der Waals surface area contributed by atoms with Crippen molar-refractivity contribution in [3.63, 3.8) is 0 Å². The minimum absolute atomic E-state index is 0.123. The van der Waals surface area contributed by atoms with Crippen LogP contribution in [-0.2, 0) is 11.0 Å². The molecule has 0 atom stereocenters. The fourth-order valence-electron chi connectivity index (χ4n) is 2.32. The van der Waals surface area contributed by atoms with Crippen molar-refractivity contribution in [3.05, 3.63) is 70.3 Å². The highest BCUT2D eigenvalue weighted by Crippen LogP contribution is 2.24. The molecule has 0 heterocycles. The van der Waals surface area contributed by atoms with E-state index in [4.69, 9.17) is 4.43 Å². The van der Waals surface area contributed by atoms with E-state index in [0.29, 0.717) is 5.56 Å². The first-order valence-corrected chi connectivity index (χ1v) is 9.25. The summed E-state index contributed by atoms with van der Waals surface area (Å²) >= 11 is 0. The van der Waals surface area contributed by atoms with Crippen molar-refractivity contribution in [2.75, 3.05) is 0 Å². The molecular weight excluding hydrogens is 306 g/mol. The van der Waals surface area contributed by atoms with Crippen LogP contribution >= 0.6 is 0 Å². The van der Waals surface area contributed by atoms with Gasteiger partial charge in [-0.25, -0.2) is 0 Å². The molecule has 0 amide bonds. The van der Waals surface area contributed by atoms with Crippen LogP contribution in [0.3, 0.4) is 0 Å². The largest absolute Gasteiger partial charge is 0.407 e. The third-order valence-corrected chi connectivity index (χ3v) is 6.23. The molecule has 0 saturated carbocycles. The summed E-state index contributed by atoms with van der Waals surface area (Å²) in [6.45, 7) is 6.84. The quantitative estimate of drug-likeness (QED) is 0.456. The lowest BCUT2D eigenvalue weighted by molar-refractivity contribution is -0.385. The van der Waals surface area contributed by atoms with E-state index in [0.717, 1.165) is 6.04 Å². The highest BCUT2D eigenvalue weighted by molar-refractivity contribution is 6.67. The van der Waals surface area contributed by atoms with Crippen LogP contribution in [0, 0.1) is 15.5 Å². The zero-order valence-electron chi connectivity index (χ0n) is 13.8. The van der Waals surface area contributed by atoms with Gasteiger partial charge in [-0.2, -0.15) is 0 Å². The first-order chi connectivity index (χ1) is 10.9. The minimum atomic E-state index is -1.24. The normalized spacial score (nSPS) is 11.7. The standard InChI is InChI=1S/C18H22NO3Si/c1-18(2,3)14-23(16-10-5-4-6-11-16)22-13-15-9-7-8-12-17(15)19(20)21/h4-12H,13-14H2,1-3H3. The highest BCUT2D eigenvalue weighted by Gasteiger charge is 2.25. The van der Waals surface area contributed by atoms with E-state index in [1.807, 2.05) is 24.3 Å². The highest BCUT2D eigenvalue weighted by atomic mass is 28.3. The summed E-state index contributed by atoms with van der Waals surface area (Å²) in [5, 5.41) is 12.3. The molecule has 0 bridgehead atoms. The van der Waals surface area contributed by atoms with Crippen molar-refractivity contribution in [1.82, 2.24) is 0 Å². The van der Waals surface area contributed by atoms with Gasteiger partial charge in [-0.1, -0.05) is 63.2 Å². The molecule has 2 rings (SSSR count). The molecule has 2 aromatic carbocycles. The second kappa shape index (κ2) is 7.52. The van der Waals surface area contributed by atoms with E-state index in [1.54, 1.807) is 12.1 Å². The maximum atomic E-state index is 11.1. The van der Waals surface area contributed by atoms with Crippen molar-refractivity contribution >= 4 is 19.9 Å². The first kappa shape index (κ1) is 17.4. The van der Waals surface area contributed by atoms with E-state index in [1.165, 1.54) is 11.3 Å². The van der Waals surface area contributed by atoms with Gasteiger partial charge in [-0.05, 0) is 22.7 Å². The van der Waals surface area contributed by atoms with Crippen molar-refractivity contribution in [3.8, 4) is 0 Å². The zero-order valence-corrected chi connectivity index (χ0v) is 14.8. The topological polar surface area (TPSA) is 52.4 Å². The van der Waals surface area contributed by atoms with E-state index >= 15 is 0 Å². The molecule has 0 saturated heterocycles. The van der Waals surface area contributed by atoms with E-state index in [2.05, 4.69) is 32.9 Å². The van der Waals surface area contributed by atoms with Gasteiger partial charge in [0.15, 0.2) is 0 Å². The molecule has 2 aromatic rings. The van der Waals surface area contributed by atoms with Crippen molar-refractivity contribution in [2.45, 2.75) is 33.4 Å². The Labute approximate surface area is 139 Å². The van der Waals surface area contributed by atoms with Gasteiger partial charge in [0, 0.05) is 6.07 Å². The zero-order chi connectivity index (χ0) is 16.9. The second-order valence-corrected chi connectivity index (χ2v) is 8.77. The predicted molar refractivity (Wildman–Crippen MR) is 94.0 cm³/mol. The minimum Gasteiger partial charge on any atom is -0.407 e. The smallest absolute Gasteiger partial charge is 0.274 e.